The monoisotopic (exact) mass is 489 g/mol. The van der Waals surface area contributed by atoms with E-state index in [1.165, 1.54) is 24.3 Å². The first-order valence-electron chi connectivity index (χ1n) is 9.67. The number of para-hydroxylation sites is 1. The fourth-order valence-corrected chi connectivity index (χ4v) is 3.48. The molecule has 172 valence electrons. The molecule has 0 spiro atoms. The predicted octanol–water partition coefficient (Wildman–Crippen LogP) is 4.17. The summed E-state index contributed by atoms with van der Waals surface area (Å²) in [5.74, 6) is -0.356. The number of rotatable bonds is 6. The summed E-state index contributed by atoms with van der Waals surface area (Å²) in [5, 5.41) is 3.03. The van der Waals surface area contributed by atoms with Gasteiger partial charge in [0.2, 0.25) is 5.91 Å². The van der Waals surface area contributed by atoms with Crippen molar-refractivity contribution in [2.24, 2.45) is 0 Å². The van der Waals surface area contributed by atoms with Gasteiger partial charge in [0.15, 0.2) is 6.61 Å². The Morgan fingerprint density at radius 3 is 2.34 bits per heavy atom. The molecule has 1 fully saturated rings. The zero-order chi connectivity index (χ0) is 23.3. The molecule has 0 unspecified atom stereocenters. The van der Waals surface area contributed by atoms with Crippen LogP contribution in [-0.2, 0) is 15.8 Å². The maximum atomic E-state index is 13.1. The number of carbonyl (C=O) groups excluding carboxylic acids is 2. The van der Waals surface area contributed by atoms with Gasteiger partial charge in [0.05, 0.1) is 27.8 Å². The Balaban J connectivity index is 1.45. The summed E-state index contributed by atoms with van der Waals surface area (Å²) in [6.45, 7) is 1.31. The lowest BCUT2D eigenvalue weighted by molar-refractivity contribution is -0.137. The van der Waals surface area contributed by atoms with Gasteiger partial charge in [-0.05, 0) is 24.3 Å². The van der Waals surface area contributed by atoms with Crippen LogP contribution in [0.2, 0.25) is 10.0 Å². The molecule has 3 rings (SSSR count). The minimum Gasteiger partial charge on any atom is -0.484 e. The van der Waals surface area contributed by atoms with Crippen LogP contribution >= 0.6 is 23.2 Å². The minimum absolute atomic E-state index is 0.0754. The number of hydrogen-bond acceptors (Lipinski definition) is 4. The number of halogens is 5. The second-order valence-electron chi connectivity index (χ2n) is 7.11. The maximum absolute atomic E-state index is 13.1. The fourth-order valence-electron chi connectivity index (χ4n) is 3.19. The number of ether oxygens (including phenoxy) is 1. The van der Waals surface area contributed by atoms with Crippen LogP contribution < -0.4 is 10.1 Å². The Bertz CT molecular complexity index is 980. The summed E-state index contributed by atoms with van der Waals surface area (Å²) >= 11 is 11.8. The number of amides is 2. The van der Waals surface area contributed by atoms with E-state index in [1.54, 1.807) is 21.9 Å². The van der Waals surface area contributed by atoms with Crippen molar-refractivity contribution in [3.63, 3.8) is 0 Å². The van der Waals surface area contributed by atoms with Gasteiger partial charge in [0.1, 0.15) is 5.75 Å². The third-order valence-electron chi connectivity index (χ3n) is 4.85. The summed E-state index contributed by atoms with van der Waals surface area (Å²) in [7, 11) is 0. The van der Waals surface area contributed by atoms with E-state index in [9.17, 15) is 22.8 Å². The smallest absolute Gasteiger partial charge is 0.418 e. The molecule has 1 saturated heterocycles. The molecule has 0 aliphatic carbocycles. The van der Waals surface area contributed by atoms with E-state index < -0.39 is 17.6 Å². The zero-order valence-corrected chi connectivity index (χ0v) is 18.3. The van der Waals surface area contributed by atoms with Gasteiger partial charge in [-0.1, -0.05) is 35.3 Å². The molecule has 0 atom stereocenters. The summed E-state index contributed by atoms with van der Waals surface area (Å²) in [4.78, 5) is 28.0. The lowest BCUT2D eigenvalue weighted by atomic mass is 10.1. The van der Waals surface area contributed by atoms with E-state index in [4.69, 9.17) is 27.9 Å². The lowest BCUT2D eigenvalue weighted by Gasteiger charge is -2.34. The molecule has 6 nitrogen and oxygen atoms in total. The van der Waals surface area contributed by atoms with Crippen LogP contribution in [0.5, 0.6) is 5.75 Å². The number of alkyl halides is 3. The summed E-state index contributed by atoms with van der Waals surface area (Å²) in [6, 6.07) is 9.51. The van der Waals surface area contributed by atoms with Crippen LogP contribution in [0.15, 0.2) is 42.5 Å². The number of carbonyl (C=O) groups is 2. The number of anilines is 1. The average Bonchev–Trinajstić information content (AvgIpc) is 2.74. The van der Waals surface area contributed by atoms with Crippen LogP contribution in [0, 0.1) is 0 Å². The molecule has 1 aliphatic rings. The largest absolute Gasteiger partial charge is 0.484 e. The highest BCUT2D eigenvalue weighted by molar-refractivity contribution is 6.42. The molecule has 0 radical (unpaired) electrons. The van der Waals surface area contributed by atoms with Gasteiger partial charge >= 0.3 is 6.18 Å². The Kier molecular flexibility index (Phi) is 7.86. The third-order valence-corrected chi connectivity index (χ3v) is 5.59. The Hall–Kier alpha value is -2.49. The molecule has 0 bridgehead atoms. The number of benzene rings is 2. The van der Waals surface area contributed by atoms with Crippen LogP contribution in [-0.4, -0.2) is 60.9 Å². The zero-order valence-electron chi connectivity index (χ0n) is 16.8. The van der Waals surface area contributed by atoms with Crippen LogP contribution in [0.4, 0.5) is 18.9 Å². The molecule has 2 amide bonds. The van der Waals surface area contributed by atoms with Crippen molar-refractivity contribution in [2.45, 2.75) is 6.18 Å². The van der Waals surface area contributed by atoms with Crippen molar-refractivity contribution in [2.75, 3.05) is 44.6 Å². The molecule has 32 heavy (non-hydrogen) atoms. The van der Waals surface area contributed by atoms with Gasteiger partial charge in [-0.2, -0.15) is 13.2 Å². The molecule has 0 aromatic heterocycles. The maximum Gasteiger partial charge on any atom is 0.418 e. The normalized spacial score (nSPS) is 14.8. The van der Waals surface area contributed by atoms with E-state index in [-0.39, 0.29) is 24.7 Å². The van der Waals surface area contributed by atoms with Gasteiger partial charge in [-0.15, -0.1) is 0 Å². The van der Waals surface area contributed by atoms with Crippen molar-refractivity contribution in [3.05, 3.63) is 58.1 Å². The van der Waals surface area contributed by atoms with E-state index in [1.807, 2.05) is 0 Å². The van der Waals surface area contributed by atoms with Crippen molar-refractivity contribution in [1.82, 2.24) is 9.80 Å². The van der Waals surface area contributed by atoms with Gasteiger partial charge in [0.25, 0.3) is 5.91 Å². The Labute approximate surface area is 192 Å². The molecule has 1 heterocycles. The first-order chi connectivity index (χ1) is 15.1. The van der Waals surface area contributed by atoms with E-state index in [2.05, 4.69) is 5.32 Å². The molecular weight excluding hydrogens is 470 g/mol. The van der Waals surface area contributed by atoms with Gasteiger partial charge < -0.3 is 15.0 Å². The van der Waals surface area contributed by atoms with Crippen LogP contribution in [0.1, 0.15) is 5.56 Å². The third kappa shape index (κ3) is 6.51. The summed E-state index contributed by atoms with van der Waals surface area (Å²) in [5.41, 5.74) is -1.18. The summed E-state index contributed by atoms with van der Waals surface area (Å²) in [6.07, 6.45) is -4.56. The van der Waals surface area contributed by atoms with E-state index in [0.717, 1.165) is 6.07 Å². The Morgan fingerprint density at radius 2 is 1.69 bits per heavy atom. The highest BCUT2D eigenvalue weighted by Gasteiger charge is 2.33. The van der Waals surface area contributed by atoms with Crippen LogP contribution in [0.3, 0.4) is 0 Å². The molecular formula is C21H20Cl2F3N3O3. The van der Waals surface area contributed by atoms with E-state index in [0.29, 0.717) is 42.0 Å². The molecule has 0 saturated carbocycles. The number of nitrogens with one attached hydrogen (secondary N) is 1. The molecule has 1 N–H and O–H groups in total. The molecule has 2 aromatic rings. The second-order valence-corrected chi connectivity index (χ2v) is 7.93. The quantitative estimate of drug-likeness (QED) is 0.661. The number of piperazine rings is 1. The molecule has 1 aliphatic heterocycles. The van der Waals surface area contributed by atoms with Gasteiger partial charge in [0, 0.05) is 32.2 Å². The lowest BCUT2D eigenvalue weighted by Crippen LogP contribution is -2.51. The van der Waals surface area contributed by atoms with Crippen molar-refractivity contribution >= 4 is 40.7 Å². The average molecular weight is 490 g/mol. The minimum atomic E-state index is -4.56. The Morgan fingerprint density at radius 1 is 1.00 bits per heavy atom. The number of hydrogen-bond donors (Lipinski definition) is 1. The topological polar surface area (TPSA) is 61.9 Å². The van der Waals surface area contributed by atoms with Crippen molar-refractivity contribution in [1.29, 1.82) is 0 Å². The SMILES string of the molecule is O=C(CN1CCN(C(=O)COc2ccc(Cl)c(Cl)c2)CC1)Nc1ccccc1C(F)(F)F. The van der Waals surface area contributed by atoms with Crippen LogP contribution in [0.25, 0.3) is 0 Å². The highest BCUT2D eigenvalue weighted by Crippen LogP contribution is 2.34. The van der Waals surface area contributed by atoms with Gasteiger partial charge in [-0.3, -0.25) is 14.5 Å². The van der Waals surface area contributed by atoms with Crippen molar-refractivity contribution in [3.8, 4) is 5.75 Å². The van der Waals surface area contributed by atoms with E-state index >= 15 is 0 Å². The highest BCUT2D eigenvalue weighted by atomic mass is 35.5. The second kappa shape index (κ2) is 10.4. The van der Waals surface area contributed by atoms with Gasteiger partial charge in [-0.25, -0.2) is 0 Å². The fraction of sp³-hybridized carbons (Fsp3) is 0.333. The summed E-state index contributed by atoms with van der Waals surface area (Å²) < 4.78 is 44.6. The first-order valence-corrected chi connectivity index (χ1v) is 10.4. The number of nitrogens with zero attached hydrogens (tertiary/aromatic N) is 2. The van der Waals surface area contributed by atoms with Crippen molar-refractivity contribution < 1.29 is 27.5 Å². The molecule has 11 heteroatoms. The first kappa shape index (κ1) is 24.2. The molecule has 2 aromatic carbocycles. The standard InChI is InChI=1S/C21H20Cl2F3N3O3/c22-16-6-5-14(11-17(16)23)32-13-20(31)29-9-7-28(8-10-29)12-19(30)27-18-4-2-1-3-15(18)21(24,25)26/h1-6,11H,7-10,12-13H2,(H,27,30). The predicted molar refractivity (Wildman–Crippen MR) is 115 cm³/mol.